The Bertz CT molecular complexity index is 920. The summed E-state index contributed by atoms with van der Waals surface area (Å²) in [5, 5.41) is 0. The molecule has 0 heterocycles. The van der Waals surface area contributed by atoms with Crippen molar-refractivity contribution >= 4 is 17.9 Å². The van der Waals surface area contributed by atoms with Crippen molar-refractivity contribution in [2.75, 3.05) is 13.2 Å². The van der Waals surface area contributed by atoms with Gasteiger partial charge in [-0.1, -0.05) is 284 Å². The summed E-state index contributed by atoms with van der Waals surface area (Å²) in [5.74, 6) is -0.836. The topological polar surface area (TPSA) is 78.9 Å². The smallest absolute Gasteiger partial charge is 0.306 e. The van der Waals surface area contributed by atoms with Gasteiger partial charge in [0.2, 0.25) is 0 Å². The minimum absolute atomic E-state index is 0.0613. The lowest BCUT2D eigenvalue weighted by Gasteiger charge is -2.18. The van der Waals surface area contributed by atoms with Crippen molar-refractivity contribution in [1.82, 2.24) is 0 Å². The molecule has 0 unspecified atom stereocenters. The third kappa shape index (κ3) is 49.4. The summed E-state index contributed by atoms with van der Waals surface area (Å²) in [6, 6.07) is 0. The molecule has 0 aromatic heterocycles. The average molecular weight is 877 g/mol. The van der Waals surface area contributed by atoms with Crippen molar-refractivity contribution in [2.45, 2.75) is 329 Å². The average Bonchev–Trinajstić information content (AvgIpc) is 3.27. The van der Waals surface area contributed by atoms with Gasteiger partial charge in [-0.3, -0.25) is 14.4 Å². The standard InChI is InChI=1S/C56H108O6/c1-4-7-10-13-16-19-22-24-26-27-28-30-31-34-37-40-43-46-49-55(58)61-52-53(51-60-54(57)48-45-42-39-36-33-21-18-15-12-9-6-3)62-56(59)50-47-44-41-38-35-32-29-25-23-20-17-14-11-8-5-2/h53H,4-52H2,1-3H3/t53-/m0/s1. The van der Waals surface area contributed by atoms with Gasteiger partial charge < -0.3 is 14.2 Å². The number of unbranched alkanes of at least 4 members (excludes halogenated alkanes) is 41. The number of hydrogen-bond acceptors (Lipinski definition) is 6. The van der Waals surface area contributed by atoms with E-state index in [9.17, 15) is 14.4 Å². The van der Waals surface area contributed by atoms with Gasteiger partial charge in [0.05, 0.1) is 0 Å². The van der Waals surface area contributed by atoms with E-state index in [2.05, 4.69) is 20.8 Å². The molecule has 0 N–H and O–H groups in total. The van der Waals surface area contributed by atoms with Gasteiger partial charge in [0, 0.05) is 19.3 Å². The minimum Gasteiger partial charge on any atom is -0.462 e. The Kier molecular flexibility index (Phi) is 50.7. The second-order valence-electron chi connectivity index (χ2n) is 19.2. The van der Waals surface area contributed by atoms with E-state index in [1.165, 1.54) is 225 Å². The summed E-state index contributed by atoms with van der Waals surface area (Å²) in [4.78, 5) is 38.0. The molecule has 6 nitrogen and oxygen atoms in total. The van der Waals surface area contributed by atoms with E-state index in [0.717, 1.165) is 57.8 Å². The fourth-order valence-electron chi connectivity index (χ4n) is 8.62. The molecular weight excluding hydrogens is 769 g/mol. The highest BCUT2D eigenvalue weighted by Crippen LogP contribution is 2.17. The summed E-state index contributed by atoms with van der Waals surface area (Å²) in [7, 11) is 0. The van der Waals surface area contributed by atoms with Crippen LogP contribution in [-0.2, 0) is 28.6 Å². The van der Waals surface area contributed by atoms with E-state index in [1.807, 2.05) is 0 Å². The Labute approximate surface area is 387 Å². The number of hydrogen-bond donors (Lipinski definition) is 0. The first-order chi connectivity index (χ1) is 30.5. The first-order valence-electron chi connectivity index (χ1n) is 28.0. The lowest BCUT2D eigenvalue weighted by atomic mass is 10.0. The van der Waals surface area contributed by atoms with E-state index in [-0.39, 0.29) is 31.1 Å². The molecule has 6 heteroatoms. The van der Waals surface area contributed by atoms with E-state index in [0.29, 0.717) is 19.3 Å². The van der Waals surface area contributed by atoms with Crippen LogP contribution in [0, 0.1) is 0 Å². The van der Waals surface area contributed by atoms with Crippen LogP contribution in [0.4, 0.5) is 0 Å². The fraction of sp³-hybridized carbons (Fsp3) is 0.946. The molecule has 0 aromatic carbocycles. The van der Waals surface area contributed by atoms with Gasteiger partial charge in [0.1, 0.15) is 13.2 Å². The second-order valence-corrected chi connectivity index (χ2v) is 19.2. The summed E-state index contributed by atoms with van der Waals surface area (Å²) in [6.45, 7) is 6.69. The van der Waals surface area contributed by atoms with Gasteiger partial charge in [-0.25, -0.2) is 0 Å². The predicted octanol–water partition coefficient (Wildman–Crippen LogP) is 18.4. The Balaban J connectivity index is 4.25. The van der Waals surface area contributed by atoms with Gasteiger partial charge >= 0.3 is 17.9 Å². The summed E-state index contributed by atoms with van der Waals surface area (Å²) in [6.07, 6.45) is 56.6. The molecule has 368 valence electrons. The van der Waals surface area contributed by atoms with Crippen LogP contribution in [-0.4, -0.2) is 37.2 Å². The molecule has 0 bridgehead atoms. The van der Waals surface area contributed by atoms with Gasteiger partial charge in [0.25, 0.3) is 0 Å². The third-order valence-electron chi connectivity index (χ3n) is 12.9. The number of carbonyl (C=O) groups is 3. The zero-order valence-corrected chi connectivity index (χ0v) is 42.2. The van der Waals surface area contributed by atoms with Crippen LogP contribution < -0.4 is 0 Å². The minimum atomic E-state index is -0.760. The van der Waals surface area contributed by atoms with E-state index < -0.39 is 6.10 Å². The summed E-state index contributed by atoms with van der Waals surface area (Å²) < 4.78 is 16.8. The van der Waals surface area contributed by atoms with Crippen molar-refractivity contribution in [3.05, 3.63) is 0 Å². The van der Waals surface area contributed by atoms with Crippen LogP contribution in [0.3, 0.4) is 0 Å². The fourth-order valence-corrected chi connectivity index (χ4v) is 8.62. The zero-order valence-electron chi connectivity index (χ0n) is 42.2. The van der Waals surface area contributed by atoms with E-state index in [4.69, 9.17) is 14.2 Å². The largest absolute Gasteiger partial charge is 0.462 e. The molecule has 62 heavy (non-hydrogen) atoms. The van der Waals surface area contributed by atoms with Crippen molar-refractivity contribution in [1.29, 1.82) is 0 Å². The highest BCUT2D eigenvalue weighted by atomic mass is 16.6. The van der Waals surface area contributed by atoms with E-state index in [1.54, 1.807) is 0 Å². The van der Waals surface area contributed by atoms with Crippen LogP contribution in [0.5, 0.6) is 0 Å². The first-order valence-corrected chi connectivity index (χ1v) is 28.0. The molecule has 0 aromatic rings. The Hall–Kier alpha value is -1.59. The van der Waals surface area contributed by atoms with Gasteiger partial charge in [-0.2, -0.15) is 0 Å². The van der Waals surface area contributed by atoms with Crippen LogP contribution in [0.2, 0.25) is 0 Å². The molecule has 0 spiro atoms. The SMILES string of the molecule is CCCCCCCCCCCCCCCCCCCCC(=O)OC[C@H](COC(=O)CCCCCCCCCCCCC)OC(=O)CCCCCCCCCCCCCCCCC. The molecule has 0 saturated carbocycles. The molecular formula is C56H108O6. The Morgan fingerprint density at radius 1 is 0.258 bits per heavy atom. The number of ether oxygens (including phenoxy) is 3. The lowest BCUT2D eigenvalue weighted by molar-refractivity contribution is -0.167. The van der Waals surface area contributed by atoms with Crippen LogP contribution in [0.15, 0.2) is 0 Å². The maximum Gasteiger partial charge on any atom is 0.306 e. The van der Waals surface area contributed by atoms with Gasteiger partial charge in [-0.15, -0.1) is 0 Å². The number of rotatable bonds is 52. The number of carbonyl (C=O) groups excluding carboxylic acids is 3. The molecule has 1 atom stereocenters. The Morgan fingerprint density at radius 2 is 0.435 bits per heavy atom. The molecule has 0 rings (SSSR count). The monoisotopic (exact) mass is 877 g/mol. The lowest BCUT2D eigenvalue weighted by Crippen LogP contribution is -2.30. The highest BCUT2D eigenvalue weighted by Gasteiger charge is 2.19. The molecule has 0 radical (unpaired) electrons. The van der Waals surface area contributed by atoms with Gasteiger partial charge in [-0.05, 0) is 19.3 Å². The van der Waals surface area contributed by atoms with Crippen molar-refractivity contribution in [2.24, 2.45) is 0 Å². The van der Waals surface area contributed by atoms with Crippen LogP contribution in [0.25, 0.3) is 0 Å². The van der Waals surface area contributed by atoms with Crippen LogP contribution >= 0.6 is 0 Å². The maximum absolute atomic E-state index is 12.8. The van der Waals surface area contributed by atoms with Crippen molar-refractivity contribution < 1.29 is 28.6 Å². The first kappa shape index (κ1) is 60.4. The molecule has 0 aliphatic heterocycles. The van der Waals surface area contributed by atoms with Crippen LogP contribution in [0.1, 0.15) is 323 Å². The number of esters is 3. The normalized spacial score (nSPS) is 11.9. The molecule has 0 saturated heterocycles. The quantitative estimate of drug-likeness (QED) is 0.0344. The molecule has 0 amide bonds. The molecule has 0 aliphatic rings. The summed E-state index contributed by atoms with van der Waals surface area (Å²) in [5.41, 5.74) is 0. The molecule has 0 aliphatic carbocycles. The third-order valence-corrected chi connectivity index (χ3v) is 12.9. The zero-order chi connectivity index (χ0) is 45.1. The maximum atomic E-state index is 12.8. The summed E-state index contributed by atoms with van der Waals surface area (Å²) >= 11 is 0. The second kappa shape index (κ2) is 52.0. The van der Waals surface area contributed by atoms with Crippen molar-refractivity contribution in [3.63, 3.8) is 0 Å². The predicted molar refractivity (Wildman–Crippen MR) is 266 cm³/mol. The Morgan fingerprint density at radius 3 is 0.645 bits per heavy atom. The van der Waals surface area contributed by atoms with Gasteiger partial charge in [0.15, 0.2) is 6.10 Å². The van der Waals surface area contributed by atoms with Crippen molar-refractivity contribution in [3.8, 4) is 0 Å². The molecule has 0 fully saturated rings. The van der Waals surface area contributed by atoms with E-state index >= 15 is 0 Å². The highest BCUT2D eigenvalue weighted by molar-refractivity contribution is 5.71.